The van der Waals surface area contributed by atoms with Crippen LogP contribution in [0.2, 0.25) is 5.02 Å². The summed E-state index contributed by atoms with van der Waals surface area (Å²) in [6, 6.07) is 14.4. The standard InChI is InChI=1S/C23H28ClN3O5/c1-26(2)18-4-3-5-20(12-18)30-14-22(29)27-10-11-32-23(15-27,13-21(25)28)16-31-19-8-6-17(24)7-9-19/h3-9,12H,10-11,13-16H2,1-2H3,(H2,25,28). The Morgan fingerprint density at radius 3 is 2.59 bits per heavy atom. The first-order valence-electron chi connectivity index (χ1n) is 10.2. The summed E-state index contributed by atoms with van der Waals surface area (Å²) in [6.45, 7) is 0.763. The number of hydrogen-bond donors (Lipinski definition) is 1. The molecule has 0 spiro atoms. The maximum atomic E-state index is 12.8. The van der Waals surface area contributed by atoms with Gasteiger partial charge in [0.25, 0.3) is 5.91 Å². The van der Waals surface area contributed by atoms with Gasteiger partial charge >= 0.3 is 0 Å². The van der Waals surface area contributed by atoms with Gasteiger partial charge in [-0.1, -0.05) is 17.7 Å². The molecule has 1 atom stereocenters. The van der Waals surface area contributed by atoms with E-state index in [1.54, 1.807) is 35.2 Å². The number of carbonyl (C=O) groups excluding carboxylic acids is 2. The van der Waals surface area contributed by atoms with Gasteiger partial charge in [0.15, 0.2) is 6.61 Å². The molecule has 9 heteroatoms. The molecule has 2 aromatic rings. The Hall–Kier alpha value is -2.97. The third-order valence-electron chi connectivity index (χ3n) is 5.11. The summed E-state index contributed by atoms with van der Waals surface area (Å²) in [4.78, 5) is 28.2. The minimum Gasteiger partial charge on any atom is -0.490 e. The summed E-state index contributed by atoms with van der Waals surface area (Å²) in [5, 5.41) is 0.589. The van der Waals surface area contributed by atoms with E-state index in [1.807, 2.05) is 37.2 Å². The van der Waals surface area contributed by atoms with E-state index in [-0.39, 0.29) is 38.7 Å². The molecule has 8 nitrogen and oxygen atoms in total. The zero-order valence-corrected chi connectivity index (χ0v) is 19.0. The number of hydrogen-bond acceptors (Lipinski definition) is 6. The van der Waals surface area contributed by atoms with Crippen LogP contribution in [0.25, 0.3) is 0 Å². The number of benzene rings is 2. The molecule has 0 bridgehead atoms. The summed E-state index contributed by atoms with van der Waals surface area (Å²) in [6.07, 6.45) is -0.0733. The smallest absolute Gasteiger partial charge is 0.260 e. The van der Waals surface area contributed by atoms with Crippen LogP contribution in [0.4, 0.5) is 5.69 Å². The molecule has 32 heavy (non-hydrogen) atoms. The van der Waals surface area contributed by atoms with Gasteiger partial charge in [-0.25, -0.2) is 0 Å². The molecular weight excluding hydrogens is 434 g/mol. The second-order valence-electron chi connectivity index (χ2n) is 7.91. The van der Waals surface area contributed by atoms with Gasteiger partial charge in [0.1, 0.15) is 23.7 Å². The average molecular weight is 462 g/mol. The molecule has 0 aliphatic carbocycles. The lowest BCUT2D eigenvalue weighted by Gasteiger charge is -2.41. The first-order valence-corrected chi connectivity index (χ1v) is 10.6. The van der Waals surface area contributed by atoms with Gasteiger partial charge in [-0.15, -0.1) is 0 Å². The number of amides is 2. The number of nitrogens with two attached hydrogens (primary N) is 1. The first kappa shape index (κ1) is 23.7. The lowest BCUT2D eigenvalue weighted by atomic mass is 9.97. The van der Waals surface area contributed by atoms with Gasteiger partial charge in [0, 0.05) is 37.4 Å². The van der Waals surface area contributed by atoms with Gasteiger partial charge in [0.05, 0.1) is 19.6 Å². The molecule has 0 radical (unpaired) electrons. The Balaban J connectivity index is 1.63. The number of primary amides is 1. The van der Waals surface area contributed by atoms with E-state index in [0.717, 1.165) is 5.69 Å². The van der Waals surface area contributed by atoms with Crippen molar-refractivity contribution in [2.75, 3.05) is 51.9 Å². The van der Waals surface area contributed by atoms with E-state index >= 15 is 0 Å². The normalized spacial score (nSPS) is 18.2. The number of rotatable bonds is 9. The van der Waals surface area contributed by atoms with E-state index in [2.05, 4.69) is 0 Å². The van der Waals surface area contributed by atoms with Crippen LogP contribution in [0.3, 0.4) is 0 Å². The maximum absolute atomic E-state index is 12.8. The Kier molecular flexibility index (Phi) is 7.82. The van der Waals surface area contributed by atoms with Gasteiger partial charge in [-0.05, 0) is 36.4 Å². The minimum absolute atomic E-state index is 0.0626. The summed E-state index contributed by atoms with van der Waals surface area (Å²) in [7, 11) is 3.87. The lowest BCUT2D eigenvalue weighted by molar-refractivity contribution is -0.163. The largest absolute Gasteiger partial charge is 0.490 e. The highest BCUT2D eigenvalue weighted by Gasteiger charge is 2.41. The first-order chi connectivity index (χ1) is 15.3. The van der Waals surface area contributed by atoms with E-state index < -0.39 is 11.5 Å². The second-order valence-corrected chi connectivity index (χ2v) is 8.35. The number of carbonyl (C=O) groups is 2. The third kappa shape index (κ3) is 6.51. The molecule has 1 unspecified atom stereocenters. The fraction of sp³-hybridized carbons (Fsp3) is 0.391. The minimum atomic E-state index is -1.04. The van der Waals surface area contributed by atoms with Crippen LogP contribution in [-0.4, -0.2) is 69.3 Å². The monoisotopic (exact) mass is 461 g/mol. The number of nitrogens with zero attached hydrogens (tertiary/aromatic N) is 2. The van der Waals surface area contributed by atoms with Crippen LogP contribution in [0, 0.1) is 0 Å². The molecule has 0 saturated carbocycles. The highest BCUT2D eigenvalue weighted by atomic mass is 35.5. The van der Waals surface area contributed by atoms with E-state index in [9.17, 15) is 9.59 Å². The molecule has 1 aliphatic heterocycles. The molecule has 1 heterocycles. The number of ether oxygens (including phenoxy) is 3. The fourth-order valence-corrected chi connectivity index (χ4v) is 3.58. The fourth-order valence-electron chi connectivity index (χ4n) is 3.45. The van der Waals surface area contributed by atoms with E-state index in [0.29, 0.717) is 23.1 Å². The molecule has 172 valence electrons. The molecule has 0 aromatic heterocycles. The predicted molar refractivity (Wildman–Crippen MR) is 122 cm³/mol. The molecule has 1 fully saturated rings. The average Bonchev–Trinajstić information content (AvgIpc) is 2.77. The van der Waals surface area contributed by atoms with Crippen molar-refractivity contribution in [3.05, 3.63) is 53.6 Å². The van der Waals surface area contributed by atoms with Crippen molar-refractivity contribution in [1.29, 1.82) is 0 Å². The molecule has 2 aromatic carbocycles. The zero-order valence-electron chi connectivity index (χ0n) is 18.3. The van der Waals surface area contributed by atoms with Crippen LogP contribution in [0.5, 0.6) is 11.5 Å². The lowest BCUT2D eigenvalue weighted by Crippen LogP contribution is -2.58. The van der Waals surface area contributed by atoms with Crippen molar-refractivity contribution in [1.82, 2.24) is 4.90 Å². The molecule has 2 amide bonds. The molecule has 1 saturated heterocycles. The van der Waals surface area contributed by atoms with Crippen molar-refractivity contribution in [3.63, 3.8) is 0 Å². The maximum Gasteiger partial charge on any atom is 0.260 e. The van der Waals surface area contributed by atoms with Crippen LogP contribution in [-0.2, 0) is 14.3 Å². The summed E-state index contributed by atoms with van der Waals surface area (Å²) in [5.74, 6) is 0.446. The van der Waals surface area contributed by atoms with Crippen molar-refractivity contribution in [2.24, 2.45) is 5.73 Å². The Labute approximate surface area is 192 Å². The summed E-state index contributed by atoms with van der Waals surface area (Å²) >= 11 is 5.91. The van der Waals surface area contributed by atoms with Crippen LogP contribution < -0.4 is 20.1 Å². The highest BCUT2D eigenvalue weighted by molar-refractivity contribution is 6.30. The van der Waals surface area contributed by atoms with Crippen molar-refractivity contribution in [3.8, 4) is 11.5 Å². The Morgan fingerprint density at radius 1 is 1.16 bits per heavy atom. The SMILES string of the molecule is CN(C)c1cccc(OCC(=O)N2CCOC(COc3ccc(Cl)cc3)(CC(N)=O)C2)c1. The zero-order chi connectivity index (χ0) is 23.1. The predicted octanol–water partition coefficient (Wildman–Crippen LogP) is 2.34. The number of halogens is 1. The van der Waals surface area contributed by atoms with Gasteiger partial charge < -0.3 is 29.7 Å². The molecule has 1 aliphatic rings. The number of anilines is 1. The van der Waals surface area contributed by atoms with Crippen molar-refractivity contribution in [2.45, 2.75) is 12.0 Å². The molecular formula is C23H28ClN3O5. The summed E-state index contributed by atoms with van der Waals surface area (Å²) in [5.41, 5.74) is 5.40. The third-order valence-corrected chi connectivity index (χ3v) is 5.36. The Morgan fingerprint density at radius 2 is 1.91 bits per heavy atom. The van der Waals surface area contributed by atoms with E-state index in [4.69, 9.17) is 31.5 Å². The van der Waals surface area contributed by atoms with Gasteiger partial charge in [-0.3, -0.25) is 9.59 Å². The van der Waals surface area contributed by atoms with Crippen LogP contribution >= 0.6 is 11.6 Å². The molecule has 2 N–H and O–H groups in total. The van der Waals surface area contributed by atoms with E-state index in [1.165, 1.54) is 0 Å². The van der Waals surface area contributed by atoms with Crippen LogP contribution in [0.1, 0.15) is 6.42 Å². The van der Waals surface area contributed by atoms with Gasteiger partial charge in [-0.2, -0.15) is 0 Å². The molecule has 3 rings (SSSR count). The topological polar surface area (TPSA) is 94.3 Å². The number of morpholine rings is 1. The second kappa shape index (κ2) is 10.6. The quantitative estimate of drug-likeness (QED) is 0.616. The Bertz CT molecular complexity index is 937. The van der Waals surface area contributed by atoms with Crippen molar-refractivity contribution >= 4 is 29.1 Å². The van der Waals surface area contributed by atoms with Crippen molar-refractivity contribution < 1.29 is 23.8 Å². The summed E-state index contributed by atoms with van der Waals surface area (Å²) < 4.78 is 17.5. The van der Waals surface area contributed by atoms with Gasteiger partial charge in [0.2, 0.25) is 5.91 Å². The highest BCUT2D eigenvalue weighted by Crippen LogP contribution is 2.25. The van der Waals surface area contributed by atoms with Crippen LogP contribution in [0.15, 0.2) is 48.5 Å².